The van der Waals surface area contributed by atoms with E-state index in [2.05, 4.69) is 45.9 Å². The molecule has 0 bridgehead atoms. The Morgan fingerprint density at radius 1 is 1.50 bits per heavy atom. The molecule has 0 saturated heterocycles. The largest absolute Gasteiger partial charge is 0.245 e. The van der Waals surface area contributed by atoms with Crippen molar-refractivity contribution in [2.24, 2.45) is 0 Å². The zero-order valence-corrected chi connectivity index (χ0v) is 8.82. The monoisotopic (exact) mass is 273 g/mol. The predicted octanol–water partition coefficient (Wildman–Crippen LogP) is 2.06. The lowest BCUT2D eigenvalue weighted by atomic mass is 10.3. The molecule has 0 unspecified atom stereocenters. The van der Waals surface area contributed by atoms with E-state index in [4.69, 9.17) is 0 Å². The third kappa shape index (κ3) is 1.20. The van der Waals surface area contributed by atoms with E-state index in [-0.39, 0.29) is 0 Å². The maximum absolute atomic E-state index is 4.04. The summed E-state index contributed by atoms with van der Waals surface area (Å²) >= 11 is 2.29. The van der Waals surface area contributed by atoms with E-state index in [0.717, 1.165) is 17.6 Å². The van der Waals surface area contributed by atoms with Crippen LogP contribution in [-0.2, 0) is 6.54 Å². The smallest absolute Gasteiger partial charge is 0.113 e. The van der Waals surface area contributed by atoms with Crippen LogP contribution in [0.5, 0.6) is 0 Å². The highest BCUT2D eigenvalue weighted by Crippen LogP contribution is 2.14. The third-order valence-electron chi connectivity index (χ3n) is 1.78. The number of hydrogen-bond acceptors (Lipinski definition) is 2. The van der Waals surface area contributed by atoms with E-state index in [9.17, 15) is 0 Å². The topological polar surface area (TPSA) is 30.7 Å². The molecule has 0 aliphatic rings. The van der Waals surface area contributed by atoms with Crippen LogP contribution in [-0.4, -0.2) is 15.0 Å². The van der Waals surface area contributed by atoms with E-state index >= 15 is 0 Å². The molecule has 2 aromatic rings. The number of halogens is 1. The molecule has 0 aliphatic heterocycles. The first-order valence-electron chi connectivity index (χ1n) is 3.80. The molecule has 1 aromatic carbocycles. The first-order valence-corrected chi connectivity index (χ1v) is 4.88. The fraction of sp³-hybridized carbons (Fsp3) is 0.250. The van der Waals surface area contributed by atoms with Gasteiger partial charge in [0.15, 0.2) is 0 Å². The summed E-state index contributed by atoms with van der Waals surface area (Å²) in [5.74, 6) is 0. The highest BCUT2D eigenvalue weighted by molar-refractivity contribution is 14.1. The first kappa shape index (κ1) is 7.97. The molecule has 0 saturated carbocycles. The van der Waals surface area contributed by atoms with Crippen LogP contribution < -0.4 is 0 Å². The molecule has 2 rings (SSSR count). The quantitative estimate of drug-likeness (QED) is 0.744. The Morgan fingerprint density at radius 2 is 2.33 bits per heavy atom. The lowest BCUT2D eigenvalue weighted by Crippen LogP contribution is -1.95. The fourth-order valence-electron chi connectivity index (χ4n) is 1.17. The van der Waals surface area contributed by atoms with Crippen molar-refractivity contribution in [1.82, 2.24) is 15.0 Å². The molecule has 1 heterocycles. The van der Waals surface area contributed by atoms with Crippen LogP contribution in [0, 0.1) is 3.57 Å². The average molecular weight is 273 g/mol. The molecule has 0 radical (unpaired) electrons. The van der Waals surface area contributed by atoms with Gasteiger partial charge in [0.2, 0.25) is 0 Å². The van der Waals surface area contributed by atoms with E-state index < -0.39 is 0 Å². The number of aromatic nitrogens is 3. The SMILES string of the molecule is CCn1nnc2ccc(I)cc21. The molecular weight excluding hydrogens is 265 g/mol. The Labute approximate surface area is 83.9 Å². The third-order valence-corrected chi connectivity index (χ3v) is 2.45. The molecule has 1 aromatic heterocycles. The maximum atomic E-state index is 4.04. The summed E-state index contributed by atoms with van der Waals surface area (Å²) in [7, 11) is 0. The standard InChI is InChI=1S/C8H8IN3/c1-2-12-8-5-6(9)3-4-7(8)10-11-12/h3-5H,2H2,1H3. The van der Waals surface area contributed by atoms with Gasteiger partial charge in [-0.15, -0.1) is 5.10 Å². The Kier molecular flexibility index (Phi) is 2.00. The number of fused-ring (bicyclic) bond motifs is 1. The molecule has 3 nitrogen and oxygen atoms in total. The second-order valence-electron chi connectivity index (χ2n) is 2.54. The molecule has 4 heteroatoms. The molecule has 0 aliphatic carbocycles. The van der Waals surface area contributed by atoms with Crippen molar-refractivity contribution in [3.05, 3.63) is 21.8 Å². The van der Waals surface area contributed by atoms with E-state index in [0.29, 0.717) is 0 Å². The highest BCUT2D eigenvalue weighted by Gasteiger charge is 2.01. The van der Waals surface area contributed by atoms with Crippen LogP contribution in [0.2, 0.25) is 0 Å². The summed E-state index contributed by atoms with van der Waals surface area (Å²) in [5, 5.41) is 8.06. The second-order valence-corrected chi connectivity index (χ2v) is 3.78. The van der Waals surface area contributed by atoms with Crippen molar-refractivity contribution >= 4 is 33.6 Å². The minimum Gasteiger partial charge on any atom is -0.245 e. The van der Waals surface area contributed by atoms with Gasteiger partial charge in [-0.1, -0.05) is 5.21 Å². The molecular formula is C8H8IN3. The van der Waals surface area contributed by atoms with Crippen LogP contribution >= 0.6 is 22.6 Å². The van der Waals surface area contributed by atoms with Gasteiger partial charge in [0, 0.05) is 10.1 Å². The molecule has 0 atom stereocenters. The van der Waals surface area contributed by atoms with Gasteiger partial charge in [-0.05, 0) is 47.7 Å². The first-order chi connectivity index (χ1) is 5.81. The molecule has 62 valence electrons. The van der Waals surface area contributed by atoms with Crippen molar-refractivity contribution < 1.29 is 0 Å². The Morgan fingerprint density at radius 3 is 3.08 bits per heavy atom. The molecule has 12 heavy (non-hydrogen) atoms. The highest BCUT2D eigenvalue weighted by atomic mass is 127. The Hall–Kier alpha value is -0.650. The summed E-state index contributed by atoms with van der Waals surface area (Å²) in [6.45, 7) is 2.94. The van der Waals surface area contributed by atoms with Crippen LogP contribution in [0.25, 0.3) is 11.0 Å². The summed E-state index contributed by atoms with van der Waals surface area (Å²) in [6.07, 6.45) is 0. The van der Waals surface area contributed by atoms with Gasteiger partial charge in [0.25, 0.3) is 0 Å². The summed E-state index contributed by atoms with van der Waals surface area (Å²) in [4.78, 5) is 0. The number of aryl methyl sites for hydroxylation is 1. The molecule has 0 fully saturated rings. The van der Waals surface area contributed by atoms with Gasteiger partial charge in [-0.2, -0.15) is 0 Å². The number of hydrogen-bond donors (Lipinski definition) is 0. The number of benzene rings is 1. The van der Waals surface area contributed by atoms with Gasteiger partial charge < -0.3 is 0 Å². The maximum Gasteiger partial charge on any atom is 0.113 e. The zero-order valence-electron chi connectivity index (χ0n) is 6.66. The second kappa shape index (κ2) is 3.01. The molecule has 0 amide bonds. The van der Waals surface area contributed by atoms with Gasteiger partial charge in [0.1, 0.15) is 5.52 Å². The van der Waals surface area contributed by atoms with E-state index in [1.807, 2.05) is 16.8 Å². The number of rotatable bonds is 1. The van der Waals surface area contributed by atoms with Gasteiger partial charge in [-0.25, -0.2) is 4.68 Å². The molecule has 0 spiro atoms. The predicted molar refractivity (Wildman–Crippen MR) is 55.9 cm³/mol. The molecule has 0 N–H and O–H groups in total. The van der Waals surface area contributed by atoms with Gasteiger partial charge >= 0.3 is 0 Å². The van der Waals surface area contributed by atoms with Gasteiger partial charge in [0.05, 0.1) is 5.52 Å². The van der Waals surface area contributed by atoms with Crippen molar-refractivity contribution in [3.63, 3.8) is 0 Å². The Bertz CT molecular complexity index is 408. The van der Waals surface area contributed by atoms with Crippen molar-refractivity contribution in [3.8, 4) is 0 Å². The van der Waals surface area contributed by atoms with Crippen molar-refractivity contribution in [2.45, 2.75) is 13.5 Å². The summed E-state index contributed by atoms with van der Waals surface area (Å²) in [6, 6.07) is 6.13. The zero-order chi connectivity index (χ0) is 8.55. The number of nitrogens with zero attached hydrogens (tertiary/aromatic N) is 3. The summed E-state index contributed by atoms with van der Waals surface area (Å²) < 4.78 is 3.12. The average Bonchev–Trinajstić information content (AvgIpc) is 2.46. The lowest BCUT2D eigenvalue weighted by molar-refractivity contribution is 0.646. The van der Waals surface area contributed by atoms with Crippen LogP contribution in [0.15, 0.2) is 18.2 Å². The summed E-state index contributed by atoms with van der Waals surface area (Å²) in [5.41, 5.74) is 2.08. The van der Waals surface area contributed by atoms with E-state index in [1.165, 1.54) is 3.57 Å². The van der Waals surface area contributed by atoms with Crippen molar-refractivity contribution in [1.29, 1.82) is 0 Å². The van der Waals surface area contributed by atoms with E-state index in [1.54, 1.807) is 0 Å². The van der Waals surface area contributed by atoms with Gasteiger partial charge in [-0.3, -0.25) is 0 Å². The fourth-order valence-corrected chi connectivity index (χ4v) is 1.65. The van der Waals surface area contributed by atoms with Crippen LogP contribution in [0.1, 0.15) is 6.92 Å². The minimum absolute atomic E-state index is 0.872. The lowest BCUT2D eigenvalue weighted by Gasteiger charge is -1.95. The van der Waals surface area contributed by atoms with Crippen molar-refractivity contribution in [2.75, 3.05) is 0 Å². The minimum atomic E-state index is 0.872. The normalized spacial score (nSPS) is 10.8. The van der Waals surface area contributed by atoms with Crippen LogP contribution in [0.3, 0.4) is 0 Å². The van der Waals surface area contributed by atoms with Crippen LogP contribution in [0.4, 0.5) is 0 Å². The Balaban J connectivity index is 2.75.